The lowest BCUT2D eigenvalue weighted by Crippen LogP contribution is -2.50. The number of fused-ring (bicyclic) bond motifs is 4. The minimum Gasteiger partial charge on any atom is -0.508 e. The van der Waals surface area contributed by atoms with Gasteiger partial charge in [0.25, 0.3) is 0 Å². The molecule has 0 aliphatic carbocycles. The Morgan fingerprint density at radius 1 is 0.315 bits per heavy atom. The Morgan fingerprint density at radius 3 is 0.951 bits per heavy atom. The lowest BCUT2D eigenvalue weighted by Gasteiger charge is -2.38. The quantitative estimate of drug-likeness (QED) is 0.0290. The second-order valence-corrected chi connectivity index (χ2v) is 40.7. The van der Waals surface area contributed by atoms with Crippen LogP contribution in [0.2, 0.25) is 0 Å². The first kappa shape index (κ1) is 105. The van der Waals surface area contributed by atoms with Crippen LogP contribution in [-0.4, -0.2) is 300 Å². The molecule has 762 valence electrons. The summed E-state index contributed by atoms with van der Waals surface area (Å²) in [5.41, 5.74) is 24.6. The molecule has 0 aromatic heterocycles. The average molecular weight is 1940 g/mol. The molecule has 143 heavy (non-hydrogen) atoms. The van der Waals surface area contributed by atoms with E-state index in [0.29, 0.717) is 36.7 Å². The number of aromatic hydroxyl groups is 1. The highest BCUT2D eigenvalue weighted by Gasteiger charge is 2.27. The van der Waals surface area contributed by atoms with Crippen molar-refractivity contribution in [1.82, 2.24) is 50.2 Å². The van der Waals surface area contributed by atoms with Crippen molar-refractivity contribution in [1.29, 1.82) is 0 Å². The number of hydrogen-bond donors (Lipinski definition) is 4. The fraction of sp³-hybridized carbons (Fsp3) is 0.455. The Balaban J connectivity index is 0.000000129. The summed E-state index contributed by atoms with van der Waals surface area (Å²) in [7, 11) is 0. The molecule has 0 amide bonds. The molecule has 0 radical (unpaired) electrons. The summed E-state index contributed by atoms with van der Waals surface area (Å²) in [6.07, 6.45) is 3.09. The molecule has 0 unspecified atom stereocenters. The van der Waals surface area contributed by atoms with Gasteiger partial charge >= 0.3 is 0 Å². The molecule has 4 N–H and O–H groups in total. The normalized spacial score (nSPS) is 16.6. The summed E-state index contributed by atoms with van der Waals surface area (Å²) in [6.45, 7) is 63.4. The number of rotatable bonds is 33. The first-order chi connectivity index (χ1) is 69.7. The van der Waals surface area contributed by atoms with Crippen molar-refractivity contribution in [3.8, 4) is 90.1 Å². The van der Waals surface area contributed by atoms with Crippen LogP contribution < -0.4 is 64.1 Å². The number of likely N-dealkylation sites (N-methyl/N-ethyl adjacent to an activating group) is 1. The number of hydrogen-bond acceptors (Lipinski definition) is 21. The Labute approximate surface area is 853 Å². The van der Waals surface area contributed by atoms with Crippen molar-refractivity contribution in [2.45, 2.75) is 126 Å². The largest absolute Gasteiger partial charge is 0.508 e. The van der Waals surface area contributed by atoms with Crippen LogP contribution in [0.15, 0.2) is 237 Å². The topological polar surface area (TPSA) is 141 Å². The number of halogens is 1. The van der Waals surface area contributed by atoms with Gasteiger partial charge in [-0.15, -0.1) is 0 Å². The maximum Gasteiger partial charge on any atom is 0.231 e. The van der Waals surface area contributed by atoms with Gasteiger partial charge in [-0.05, 0) is 240 Å². The SMILES string of the molecule is CC(C)N(CCN1CCN(c2ccc(-c3ccc4c(c3)OCC4)cc2)CC1)C(C)C.CC(C)NCCN1CCN(c2ccc(-c3ccc4c(c3)OCC4)cc2)CC1.CCN(CC)CCN1CCN(c2ccc(-c3ccc4c(c3)OCO4)cc2)CC1.Cc1ccc(-c2ccc(N3CCN(CCNC(C)C)CC3)cc2)cc1O.Fc1ccc(CNCCN2CCN(c3ccc(-c4ccc5c(c4)OCC5)cc3)CC2)cc1. The molecule has 11 aromatic carbocycles. The third-order valence-corrected chi connectivity index (χ3v) is 29.8. The Kier molecular flexibility index (Phi) is 38.4. The van der Waals surface area contributed by atoms with Gasteiger partial charge in [-0.25, -0.2) is 4.39 Å². The van der Waals surface area contributed by atoms with Gasteiger partial charge in [-0.2, -0.15) is 0 Å². The number of benzene rings is 11. The van der Waals surface area contributed by atoms with Gasteiger partial charge in [0.05, 0.1) is 19.8 Å². The maximum absolute atomic E-state index is 13.0. The third kappa shape index (κ3) is 30.0. The molecule has 0 bridgehead atoms. The Bertz CT molecular complexity index is 5680. The van der Waals surface area contributed by atoms with Crippen LogP contribution in [0.3, 0.4) is 0 Å². The van der Waals surface area contributed by atoms with Crippen LogP contribution in [0.1, 0.15) is 97.1 Å². The monoisotopic (exact) mass is 1940 g/mol. The van der Waals surface area contributed by atoms with E-state index in [1.807, 2.05) is 37.3 Å². The highest BCUT2D eigenvalue weighted by molar-refractivity contribution is 5.74. The highest BCUT2D eigenvalue weighted by Crippen LogP contribution is 2.40. The van der Waals surface area contributed by atoms with Crippen LogP contribution in [0.4, 0.5) is 32.8 Å². The van der Waals surface area contributed by atoms with Crippen LogP contribution in [-0.2, 0) is 25.8 Å². The van der Waals surface area contributed by atoms with Gasteiger partial charge in [-0.1, -0.05) is 169 Å². The van der Waals surface area contributed by atoms with Gasteiger partial charge in [0.15, 0.2) is 11.5 Å². The highest BCUT2D eigenvalue weighted by atomic mass is 19.1. The molecule has 0 atom stereocenters. The van der Waals surface area contributed by atoms with Crippen molar-refractivity contribution < 1.29 is 33.2 Å². The molecule has 0 spiro atoms. The van der Waals surface area contributed by atoms with E-state index in [-0.39, 0.29) is 5.82 Å². The summed E-state index contributed by atoms with van der Waals surface area (Å²) in [5, 5.41) is 20.4. The van der Waals surface area contributed by atoms with Crippen molar-refractivity contribution in [3.05, 3.63) is 270 Å². The predicted molar refractivity (Wildman–Crippen MR) is 592 cm³/mol. The van der Waals surface area contributed by atoms with Crippen molar-refractivity contribution in [2.24, 2.45) is 0 Å². The Hall–Kier alpha value is -11.3. The molecule has 9 heterocycles. The summed E-state index contributed by atoms with van der Waals surface area (Å²) in [5.74, 6) is 4.99. The third-order valence-electron chi connectivity index (χ3n) is 29.8. The average Bonchev–Trinajstić information content (AvgIpc) is 1.76. The van der Waals surface area contributed by atoms with Crippen LogP contribution in [0, 0.1) is 12.7 Å². The molecule has 0 saturated carbocycles. The number of nitrogens with one attached hydrogen (secondary N) is 3. The minimum atomic E-state index is -0.181. The molecule has 5 saturated heterocycles. The lowest BCUT2D eigenvalue weighted by molar-refractivity contribution is 0.140. The number of ether oxygens (including phenoxy) is 5. The zero-order valence-electron chi connectivity index (χ0n) is 87.3. The molecule has 20 rings (SSSR count). The number of phenolic OH excluding ortho intramolecular Hbond substituents is 1. The van der Waals surface area contributed by atoms with E-state index in [9.17, 15) is 9.50 Å². The summed E-state index contributed by atoms with van der Waals surface area (Å²) < 4.78 is 41.0. The summed E-state index contributed by atoms with van der Waals surface area (Å²) in [6, 6.07) is 85.4. The predicted octanol–water partition coefficient (Wildman–Crippen LogP) is 19.3. The van der Waals surface area contributed by atoms with Gasteiger partial charge in [0, 0.05) is 275 Å². The molecule has 9 aliphatic heterocycles. The first-order valence-electron chi connectivity index (χ1n) is 53.5. The second-order valence-electron chi connectivity index (χ2n) is 40.7. The molecule has 11 aromatic rings. The van der Waals surface area contributed by atoms with E-state index in [4.69, 9.17) is 23.7 Å². The number of nitrogens with zero attached hydrogens (tertiary/aromatic N) is 12. The van der Waals surface area contributed by atoms with Crippen molar-refractivity contribution in [3.63, 3.8) is 0 Å². The zero-order chi connectivity index (χ0) is 99.3. The van der Waals surface area contributed by atoms with E-state index in [2.05, 4.69) is 338 Å². The maximum atomic E-state index is 13.0. The van der Waals surface area contributed by atoms with E-state index >= 15 is 0 Å². The van der Waals surface area contributed by atoms with Gasteiger partial charge in [0.1, 0.15) is 28.8 Å². The van der Waals surface area contributed by atoms with Gasteiger partial charge in [-0.3, -0.25) is 29.4 Å². The van der Waals surface area contributed by atoms with Gasteiger partial charge in [0.2, 0.25) is 6.79 Å². The van der Waals surface area contributed by atoms with Crippen molar-refractivity contribution >= 4 is 28.4 Å². The van der Waals surface area contributed by atoms with E-state index in [1.54, 1.807) is 0 Å². The van der Waals surface area contributed by atoms with E-state index in [0.717, 1.165) is 292 Å². The fourth-order valence-electron chi connectivity index (χ4n) is 20.7. The van der Waals surface area contributed by atoms with Crippen LogP contribution >= 0.6 is 0 Å². The van der Waals surface area contributed by atoms with Crippen molar-refractivity contribution in [2.75, 3.05) is 261 Å². The van der Waals surface area contributed by atoms with Gasteiger partial charge < -0.3 is 74.1 Å². The number of anilines is 5. The fourth-order valence-corrected chi connectivity index (χ4v) is 20.7. The molecule has 5 fully saturated rings. The molecular weight excluding hydrogens is 1780 g/mol. The summed E-state index contributed by atoms with van der Waals surface area (Å²) >= 11 is 0. The number of piperazine rings is 5. The Morgan fingerprint density at radius 2 is 0.615 bits per heavy atom. The van der Waals surface area contributed by atoms with Crippen LogP contribution in [0.5, 0.6) is 34.5 Å². The number of phenols is 1. The smallest absolute Gasteiger partial charge is 0.231 e. The van der Waals surface area contributed by atoms with E-state index < -0.39 is 0 Å². The number of aryl methyl sites for hydroxylation is 1. The van der Waals surface area contributed by atoms with E-state index in [1.165, 1.54) is 116 Å². The lowest BCUT2D eigenvalue weighted by atomic mass is 10.0. The summed E-state index contributed by atoms with van der Waals surface area (Å²) in [4.78, 5) is 30.4. The second kappa shape index (κ2) is 52.5. The van der Waals surface area contributed by atoms with Crippen LogP contribution in [0.25, 0.3) is 55.6 Å². The molecule has 9 aliphatic rings. The molecule has 22 heteroatoms. The standard InChI is InChI=1S/C27H30FN3O.C26H37N3O.C23H31N3O2.C23H31N3O.C22H31N3O/c28-25-7-1-21(2-8-25)20-29-12-13-30-14-16-31(17-15-30)26-9-5-22(6-10-26)24-4-3-23-11-18-32-27(23)19-24;1-20(2)29(21(3)4)17-14-27-12-15-28(16-13-27)25-9-7-22(8-10-25)24-6-5-23-11-18-30-26(23)19-24;1-3-24(4-2)11-12-25-13-15-26(16-14-25)21-8-5-19(6-9-21)20-7-10-22-23(17-20)28-18-27-22;1-18(2)24-10-11-25-12-14-26(15-13-25)22-7-5-19(6-8-22)21-4-3-20-9-16-27-23(20)17-21;1-17(2)23-10-11-24-12-14-25(15-13-24)21-8-6-19(7-9-21)20-5-4-18(3)22(26)16-20/h1-10,19,29H,11-18,20H2;5-10,19-21H,11-18H2,1-4H3;5-10,17H,3-4,11-16,18H2,1-2H3;3-8,17-18,24H,9-16H2,1-2H3;4-9,16-17,23,26H,10-15H2,1-3H3. The minimum absolute atomic E-state index is 0.181. The molecular formula is C121H160FN15O6. The zero-order valence-corrected chi connectivity index (χ0v) is 87.3. The molecule has 21 nitrogen and oxygen atoms in total. The first-order valence-corrected chi connectivity index (χ1v) is 53.5.